The zero-order valence-electron chi connectivity index (χ0n) is 16.3. The summed E-state index contributed by atoms with van der Waals surface area (Å²) < 4.78 is 50.8. The van der Waals surface area contributed by atoms with Crippen LogP contribution >= 0.6 is 11.3 Å². The van der Waals surface area contributed by atoms with Gasteiger partial charge in [0.1, 0.15) is 23.9 Å². The topological polar surface area (TPSA) is 59.7 Å². The van der Waals surface area contributed by atoms with E-state index in [1.807, 2.05) is 24.3 Å². The van der Waals surface area contributed by atoms with E-state index in [0.29, 0.717) is 22.8 Å². The number of rotatable bonds is 6. The molecule has 0 aliphatic heterocycles. The number of benzene rings is 2. The van der Waals surface area contributed by atoms with Crippen LogP contribution in [0.4, 0.5) is 13.2 Å². The van der Waals surface area contributed by atoms with Gasteiger partial charge in [-0.05, 0) is 54.8 Å². The van der Waals surface area contributed by atoms with Gasteiger partial charge in [-0.1, -0.05) is 12.1 Å². The number of aryl methyl sites for hydroxylation is 1. The lowest BCUT2D eigenvalue weighted by Crippen LogP contribution is -2.03. The third-order valence-electron chi connectivity index (χ3n) is 4.78. The molecule has 8 heteroatoms. The maximum absolute atomic E-state index is 12.7. The summed E-state index contributed by atoms with van der Waals surface area (Å²) in [5, 5.41) is 9.85. The predicted molar refractivity (Wildman–Crippen MR) is 111 cm³/mol. The van der Waals surface area contributed by atoms with Crippen LogP contribution in [0.1, 0.15) is 21.8 Å². The van der Waals surface area contributed by atoms with Crippen molar-refractivity contribution in [3.05, 3.63) is 76.4 Å². The highest BCUT2D eigenvalue weighted by Crippen LogP contribution is 2.33. The molecule has 1 N–H and O–H groups in total. The van der Waals surface area contributed by atoms with Gasteiger partial charge in [0, 0.05) is 20.7 Å². The lowest BCUT2D eigenvalue weighted by Gasteiger charge is -2.06. The molecular weight excluding hydrogens is 429 g/mol. The third kappa shape index (κ3) is 4.74. The smallest absolute Gasteiger partial charge is 0.416 e. The Morgan fingerprint density at radius 3 is 2.52 bits per heavy atom. The molecule has 0 radical (unpaired) electrons. The highest BCUT2D eigenvalue weighted by molar-refractivity contribution is 7.19. The van der Waals surface area contributed by atoms with Gasteiger partial charge in [-0.15, -0.1) is 11.3 Å². The summed E-state index contributed by atoms with van der Waals surface area (Å²) in [6, 6.07) is 14.0. The number of carbonyl (C=O) groups is 1. The number of carboxylic acid groups (broad SMARTS) is 1. The lowest BCUT2D eigenvalue weighted by molar-refractivity contribution is -0.138. The Bertz CT molecular complexity index is 1240. The average molecular weight is 446 g/mol. The minimum atomic E-state index is -4.38. The minimum absolute atomic E-state index is 0.0174. The normalized spacial score (nSPS) is 11.7. The van der Waals surface area contributed by atoms with Crippen molar-refractivity contribution < 1.29 is 32.2 Å². The van der Waals surface area contributed by atoms with Crippen LogP contribution in [0.3, 0.4) is 0 Å². The first-order valence-electron chi connectivity index (χ1n) is 9.33. The highest BCUT2D eigenvalue weighted by Gasteiger charge is 2.30. The van der Waals surface area contributed by atoms with E-state index in [1.165, 1.54) is 23.5 Å². The molecule has 0 spiro atoms. The molecule has 0 saturated carbocycles. The van der Waals surface area contributed by atoms with Crippen molar-refractivity contribution in [1.82, 2.24) is 0 Å². The van der Waals surface area contributed by atoms with E-state index in [-0.39, 0.29) is 13.0 Å². The summed E-state index contributed by atoms with van der Waals surface area (Å²) in [5.74, 6) is 0.845. The molecule has 2 heterocycles. The number of furan rings is 1. The van der Waals surface area contributed by atoms with Crippen molar-refractivity contribution >= 4 is 27.4 Å². The second-order valence-corrected chi connectivity index (χ2v) is 8.21. The van der Waals surface area contributed by atoms with E-state index in [9.17, 15) is 18.0 Å². The minimum Gasteiger partial charge on any atom is -0.489 e. The fraction of sp³-hybridized carbons (Fsp3) is 0.174. The maximum atomic E-state index is 12.7. The molecule has 0 bridgehead atoms. The van der Waals surface area contributed by atoms with Crippen molar-refractivity contribution in [3.63, 3.8) is 0 Å². The standard InChI is InChI=1S/C23H17F3O4S/c1-13-16(10-20(30-13)14-2-4-17(5-3-14)23(24,25)26)12-29-18-6-7-21-15(8-18)9-19(31-21)11-22(27)28/h2-10H,11-12H2,1H3,(H,27,28). The largest absolute Gasteiger partial charge is 0.489 e. The number of fused-ring (bicyclic) bond motifs is 1. The SMILES string of the molecule is Cc1oc(-c2ccc(C(F)(F)F)cc2)cc1COc1ccc2sc(CC(=O)O)cc2c1. The Balaban J connectivity index is 1.48. The van der Waals surface area contributed by atoms with Crippen molar-refractivity contribution in [3.8, 4) is 17.1 Å². The first kappa shape index (κ1) is 21.0. The number of hydrogen-bond acceptors (Lipinski definition) is 4. The van der Waals surface area contributed by atoms with Crippen LogP contribution in [0, 0.1) is 6.92 Å². The highest BCUT2D eigenvalue weighted by atomic mass is 32.1. The predicted octanol–water partition coefficient (Wildman–Crippen LogP) is 6.69. The van der Waals surface area contributed by atoms with Crippen molar-refractivity contribution in [1.29, 1.82) is 0 Å². The summed E-state index contributed by atoms with van der Waals surface area (Å²) in [7, 11) is 0. The number of ether oxygens (including phenoxy) is 1. The first-order chi connectivity index (χ1) is 14.7. The Morgan fingerprint density at radius 2 is 1.84 bits per heavy atom. The van der Waals surface area contributed by atoms with E-state index in [1.54, 1.807) is 13.0 Å². The monoisotopic (exact) mass is 446 g/mol. The fourth-order valence-electron chi connectivity index (χ4n) is 3.19. The Labute approximate surface area is 179 Å². The van der Waals surface area contributed by atoms with Crippen LogP contribution in [0.25, 0.3) is 21.4 Å². The van der Waals surface area contributed by atoms with Gasteiger partial charge in [0.2, 0.25) is 0 Å². The van der Waals surface area contributed by atoms with Gasteiger partial charge < -0.3 is 14.3 Å². The van der Waals surface area contributed by atoms with Crippen molar-refractivity contribution in [2.24, 2.45) is 0 Å². The molecule has 0 aliphatic rings. The molecule has 0 aliphatic carbocycles. The van der Waals surface area contributed by atoms with E-state index < -0.39 is 17.7 Å². The molecule has 4 rings (SSSR count). The number of carboxylic acids is 1. The van der Waals surface area contributed by atoms with Crippen LogP contribution in [-0.2, 0) is 24.0 Å². The summed E-state index contributed by atoms with van der Waals surface area (Å²) in [6.07, 6.45) is -4.40. The van der Waals surface area contributed by atoms with E-state index >= 15 is 0 Å². The van der Waals surface area contributed by atoms with Crippen LogP contribution in [0.15, 0.2) is 59.0 Å². The van der Waals surface area contributed by atoms with E-state index in [4.69, 9.17) is 14.3 Å². The summed E-state index contributed by atoms with van der Waals surface area (Å²) in [6.45, 7) is 2.00. The second kappa shape index (κ2) is 8.11. The number of thiophene rings is 1. The van der Waals surface area contributed by atoms with Crippen LogP contribution in [0.2, 0.25) is 0 Å². The number of alkyl halides is 3. The zero-order valence-corrected chi connectivity index (χ0v) is 17.1. The molecule has 2 aromatic heterocycles. The zero-order chi connectivity index (χ0) is 22.2. The Kier molecular flexibility index (Phi) is 5.49. The molecule has 0 saturated heterocycles. The number of aliphatic carboxylic acids is 1. The van der Waals surface area contributed by atoms with Gasteiger partial charge >= 0.3 is 12.1 Å². The number of hydrogen-bond donors (Lipinski definition) is 1. The molecule has 0 fully saturated rings. The fourth-order valence-corrected chi connectivity index (χ4v) is 4.23. The van der Waals surface area contributed by atoms with Crippen molar-refractivity contribution in [2.75, 3.05) is 0 Å². The van der Waals surface area contributed by atoms with Gasteiger partial charge in [-0.25, -0.2) is 0 Å². The van der Waals surface area contributed by atoms with E-state index in [2.05, 4.69) is 0 Å². The van der Waals surface area contributed by atoms with Gasteiger partial charge in [0.05, 0.1) is 12.0 Å². The van der Waals surface area contributed by atoms with E-state index in [0.717, 1.165) is 32.7 Å². The van der Waals surface area contributed by atoms with Gasteiger partial charge in [0.15, 0.2) is 0 Å². The molecule has 31 heavy (non-hydrogen) atoms. The van der Waals surface area contributed by atoms with Crippen LogP contribution in [-0.4, -0.2) is 11.1 Å². The molecule has 160 valence electrons. The first-order valence-corrected chi connectivity index (χ1v) is 10.1. The lowest BCUT2D eigenvalue weighted by atomic mass is 10.1. The molecule has 2 aromatic carbocycles. The molecule has 0 atom stereocenters. The molecule has 0 amide bonds. The Morgan fingerprint density at radius 1 is 1.10 bits per heavy atom. The molecule has 4 aromatic rings. The van der Waals surface area contributed by atoms with Gasteiger partial charge in [-0.3, -0.25) is 4.79 Å². The maximum Gasteiger partial charge on any atom is 0.416 e. The van der Waals surface area contributed by atoms with Crippen molar-refractivity contribution in [2.45, 2.75) is 26.1 Å². The summed E-state index contributed by atoms with van der Waals surface area (Å²) in [4.78, 5) is 11.7. The average Bonchev–Trinajstić information content (AvgIpc) is 3.27. The van der Waals surface area contributed by atoms with Gasteiger partial charge in [-0.2, -0.15) is 13.2 Å². The van der Waals surface area contributed by atoms with Crippen LogP contribution < -0.4 is 4.74 Å². The summed E-state index contributed by atoms with van der Waals surface area (Å²) in [5.41, 5.74) is 0.623. The second-order valence-electron chi connectivity index (χ2n) is 7.04. The molecule has 4 nitrogen and oxygen atoms in total. The quantitative estimate of drug-likeness (QED) is 0.358. The molecular formula is C23H17F3O4S. The number of halogens is 3. The Hall–Kier alpha value is -3.26. The summed E-state index contributed by atoms with van der Waals surface area (Å²) >= 11 is 1.43. The van der Waals surface area contributed by atoms with Gasteiger partial charge in [0.25, 0.3) is 0 Å². The third-order valence-corrected chi connectivity index (χ3v) is 5.89. The molecule has 0 unspecified atom stereocenters. The van der Waals surface area contributed by atoms with Crippen LogP contribution in [0.5, 0.6) is 5.75 Å².